The number of piperidine rings is 1. The number of ether oxygens (including phenoxy) is 2. The van der Waals surface area contributed by atoms with Crippen LogP contribution in [0.4, 0.5) is 5.82 Å². The number of nitrogens with one attached hydrogen (secondary N) is 1. The molecule has 0 aliphatic carbocycles. The number of aryl methyl sites for hydroxylation is 1. The SMILES string of the molecule is CCn1c(=O)c(N2CCC[C@@H](C(=O)NCc3ccc(OC)cc3OC)C2)nc2cccnc21. The molecule has 1 aliphatic rings. The Balaban J connectivity index is 1.50. The van der Waals surface area contributed by atoms with Gasteiger partial charge in [0.2, 0.25) is 5.91 Å². The average Bonchev–Trinajstić information content (AvgIpc) is 2.86. The van der Waals surface area contributed by atoms with Crippen LogP contribution in [0.25, 0.3) is 11.2 Å². The number of rotatable bonds is 7. The number of hydrogen-bond acceptors (Lipinski definition) is 7. The van der Waals surface area contributed by atoms with Crippen LogP contribution < -0.4 is 25.2 Å². The first-order chi connectivity index (χ1) is 16.0. The zero-order valence-electron chi connectivity index (χ0n) is 19.2. The molecule has 174 valence electrons. The highest BCUT2D eigenvalue weighted by atomic mass is 16.5. The van der Waals surface area contributed by atoms with Crippen molar-refractivity contribution in [2.75, 3.05) is 32.2 Å². The predicted octanol–water partition coefficient (Wildman–Crippen LogP) is 2.36. The smallest absolute Gasteiger partial charge is 0.295 e. The molecule has 1 amide bonds. The van der Waals surface area contributed by atoms with Gasteiger partial charge in [0, 0.05) is 44.0 Å². The van der Waals surface area contributed by atoms with Gasteiger partial charge in [0.15, 0.2) is 11.5 Å². The number of carbonyl (C=O) groups excluding carboxylic acids is 1. The third-order valence-corrected chi connectivity index (χ3v) is 6.04. The zero-order valence-corrected chi connectivity index (χ0v) is 19.2. The second kappa shape index (κ2) is 9.89. The van der Waals surface area contributed by atoms with Gasteiger partial charge in [0.1, 0.15) is 17.0 Å². The Morgan fingerprint density at radius 1 is 1.24 bits per heavy atom. The van der Waals surface area contributed by atoms with Crippen LogP contribution >= 0.6 is 0 Å². The highest BCUT2D eigenvalue weighted by Gasteiger charge is 2.28. The molecular weight excluding hydrogens is 422 g/mol. The number of amides is 1. The second-order valence-electron chi connectivity index (χ2n) is 8.01. The lowest BCUT2D eigenvalue weighted by atomic mass is 9.97. The second-order valence-corrected chi connectivity index (χ2v) is 8.01. The largest absolute Gasteiger partial charge is 0.497 e. The molecule has 1 aromatic carbocycles. The number of nitrogens with zero attached hydrogens (tertiary/aromatic N) is 4. The third-order valence-electron chi connectivity index (χ3n) is 6.04. The van der Waals surface area contributed by atoms with E-state index >= 15 is 0 Å². The zero-order chi connectivity index (χ0) is 23.4. The Hall–Kier alpha value is -3.62. The number of anilines is 1. The summed E-state index contributed by atoms with van der Waals surface area (Å²) in [6.45, 7) is 3.91. The van der Waals surface area contributed by atoms with E-state index in [1.807, 2.05) is 36.1 Å². The molecule has 9 nitrogen and oxygen atoms in total. The monoisotopic (exact) mass is 451 g/mol. The first kappa shape index (κ1) is 22.6. The first-order valence-electron chi connectivity index (χ1n) is 11.1. The van der Waals surface area contributed by atoms with Gasteiger partial charge in [0.05, 0.1) is 20.1 Å². The van der Waals surface area contributed by atoms with Crippen molar-refractivity contribution in [2.45, 2.75) is 32.9 Å². The quantitative estimate of drug-likeness (QED) is 0.589. The van der Waals surface area contributed by atoms with Gasteiger partial charge < -0.3 is 19.7 Å². The summed E-state index contributed by atoms with van der Waals surface area (Å²) in [4.78, 5) is 36.9. The van der Waals surface area contributed by atoms with Gasteiger partial charge in [-0.15, -0.1) is 0 Å². The van der Waals surface area contributed by atoms with E-state index in [1.54, 1.807) is 31.0 Å². The van der Waals surface area contributed by atoms with Crippen LogP contribution in [0.3, 0.4) is 0 Å². The van der Waals surface area contributed by atoms with E-state index in [2.05, 4.69) is 15.3 Å². The summed E-state index contributed by atoms with van der Waals surface area (Å²) in [5.41, 5.74) is 1.95. The maximum atomic E-state index is 13.1. The molecule has 3 aromatic rings. The fourth-order valence-electron chi connectivity index (χ4n) is 4.27. The number of methoxy groups -OCH3 is 2. The fourth-order valence-corrected chi connectivity index (χ4v) is 4.27. The highest BCUT2D eigenvalue weighted by molar-refractivity contribution is 5.80. The summed E-state index contributed by atoms with van der Waals surface area (Å²) in [5, 5.41) is 3.02. The van der Waals surface area contributed by atoms with Gasteiger partial charge in [-0.2, -0.15) is 0 Å². The van der Waals surface area contributed by atoms with Gasteiger partial charge in [-0.3, -0.25) is 14.2 Å². The standard InChI is InChI=1S/C24H29N5O4/c1-4-29-21-19(8-5-11-25-21)27-22(24(29)31)28-12-6-7-17(15-28)23(30)26-14-16-9-10-18(32-2)13-20(16)33-3/h5,8-11,13,17H,4,6-7,12,14-15H2,1-3H3,(H,26,30)/t17-/m1/s1. The summed E-state index contributed by atoms with van der Waals surface area (Å²) in [6.07, 6.45) is 3.23. The molecule has 0 saturated carbocycles. The fraction of sp³-hybridized carbons (Fsp3) is 0.417. The minimum absolute atomic E-state index is 0.0455. The van der Waals surface area contributed by atoms with Crippen molar-refractivity contribution in [1.29, 1.82) is 0 Å². The van der Waals surface area contributed by atoms with Gasteiger partial charge in [-0.05, 0) is 44.0 Å². The molecule has 9 heteroatoms. The van der Waals surface area contributed by atoms with Crippen LogP contribution in [0.15, 0.2) is 41.3 Å². The van der Waals surface area contributed by atoms with Crippen LogP contribution in [0.5, 0.6) is 11.5 Å². The number of hydrogen-bond donors (Lipinski definition) is 1. The van der Waals surface area contributed by atoms with Crippen molar-refractivity contribution in [3.8, 4) is 11.5 Å². The summed E-state index contributed by atoms with van der Waals surface area (Å²) in [6, 6.07) is 9.18. The number of benzene rings is 1. The molecule has 3 heterocycles. The lowest BCUT2D eigenvalue weighted by molar-refractivity contribution is -0.125. The maximum Gasteiger partial charge on any atom is 0.295 e. The van der Waals surface area contributed by atoms with Crippen molar-refractivity contribution in [3.05, 3.63) is 52.4 Å². The van der Waals surface area contributed by atoms with Crippen LogP contribution in [-0.2, 0) is 17.9 Å². The molecular formula is C24H29N5O4. The van der Waals surface area contributed by atoms with E-state index in [4.69, 9.17) is 9.47 Å². The van der Waals surface area contributed by atoms with Crippen molar-refractivity contribution in [3.63, 3.8) is 0 Å². The molecule has 0 unspecified atom stereocenters. The maximum absolute atomic E-state index is 13.1. The molecule has 1 fully saturated rings. The molecule has 0 radical (unpaired) electrons. The van der Waals surface area contributed by atoms with Crippen LogP contribution in [0, 0.1) is 5.92 Å². The van der Waals surface area contributed by atoms with E-state index < -0.39 is 0 Å². The van der Waals surface area contributed by atoms with E-state index in [0.29, 0.717) is 54.7 Å². The van der Waals surface area contributed by atoms with Gasteiger partial charge in [-0.25, -0.2) is 9.97 Å². The van der Waals surface area contributed by atoms with E-state index in [0.717, 1.165) is 18.4 Å². The molecule has 0 bridgehead atoms. The third kappa shape index (κ3) is 4.62. The first-order valence-corrected chi connectivity index (χ1v) is 11.1. The van der Waals surface area contributed by atoms with Crippen molar-refractivity contribution >= 4 is 22.9 Å². The number of pyridine rings is 1. The Bertz CT molecular complexity index is 1210. The van der Waals surface area contributed by atoms with Crippen molar-refractivity contribution < 1.29 is 14.3 Å². The van der Waals surface area contributed by atoms with Gasteiger partial charge in [0.25, 0.3) is 5.56 Å². The molecule has 4 rings (SSSR count). The van der Waals surface area contributed by atoms with Gasteiger partial charge >= 0.3 is 0 Å². The minimum Gasteiger partial charge on any atom is -0.497 e. The van der Waals surface area contributed by atoms with E-state index in [1.165, 1.54) is 0 Å². The van der Waals surface area contributed by atoms with Crippen molar-refractivity contribution in [1.82, 2.24) is 19.9 Å². The molecule has 0 spiro atoms. The summed E-state index contributed by atoms with van der Waals surface area (Å²) < 4.78 is 12.3. The number of fused-ring (bicyclic) bond motifs is 1. The molecule has 1 atom stereocenters. The summed E-state index contributed by atoms with van der Waals surface area (Å²) in [7, 11) is 3.19. The number of aromatic nitrogens is 3. The minimum atomic E-state index is -0.233. The Morgan fingerprint density at radius 2 is 2.09 bits per heavy atom. The summed E-state index contributed by atoms with van der Waals surface area (Å²) in [5.74, 6) is 1.46. The molecule has 1 N–H and O–H groups in total. The topological polar surface area (TPSA) is 98.6 Å². The van der Waals surface area contributed by atoms with E-state index in [9.17, 15) is 9.59 Å². The lowest BCUT2D eigenvalue weighted by Crippen LogP contribution is -2.45. The Labute approximate surface area is 192 Å². The Morgan fingerprint density at radius 3 is 2.85 bits per heavy atom. The molecule has 1 saturated heterocycles. The normalized spacial score (nSPS) is 16.0. The predicted molar refractivity (Wildman–Crippen MR) is 126 cm³/mol. The van der Waals surface area contributed by atoms with Crippen molar-refractivity contribution in [2.24, 2.45) is 5.92 Å². The molecule has 2 aromatic heterocycles. The van der Waals surface area contributed by atoms with E-state index in [-0.39, 0.29) is 17.4 Å². The van der Waals surface area contributed by atoms with Crippen LogP contribution in [0.2, 0.25) is 0 Å². The highest BCUT2D eigenvalue weighted by Crippen LogP contribution is 2.25. The number of carbonyl (C=O) groups is 1. The van der Waals surface area contributed by atoms with Gasteiger partial charge in [-0.1, -0.05) is 0 Å². The molecule has 1 aliphatic heterocycles. The van der Waals surface area contributed by atoms with Crippen LogP contribution in [-0.4, -0.2) is 47.8 Å². The average molecular weight is 452 g/mol. The van der Waals surface area contributed by atoms with Crippen LogP contribution in [0.1, 0.15) is 25.3 Å². The lowest BCUT2D eigenvalue weighted by Gasteiger charge is -2.32. The molecule has 33 heavy (non-hydrogen) atoms. The Kier molecular flexibility index (Phi) is 6.76. The summed E-state index contributed by atoms with van der Waals surface area (Å²) >= 11 is 0.